The van der Waals surface area contributed by atoms with Crippen molar-refractivity contribution in [2.45, 2.75) is 58.3 Å². The summed E-state index contributed by atoms with van der Waals surface area (Å²) in [5.41, 5.74) is 8.11. The molecule has 0 heterocycles. The molecule has 4 heteroatoms. The molecule has 0 fully saturated rings. The first-order chi connectivity index (χ1) is 10.2. The lowest BCUT2D eigenvalue weighted by molar-refractivity contribution is 0.522. The molecule has 0 spiro atoms. The van der Waals surface area contributed by atoms with Gasteiger partial charge in [-0.2, -0.15) is 0 Å². The largest absolute Gasteiger partial charge is 0.328 e. The molecule has 21 heavy (non-hydrogen) atoms. The summed E-state index contributed by atoms with van der Waals surface area (Å²) < 4.78 is 13.4. The van der Waals surface area contributed by atoms with Gasteiger partial charge in [0, 0.05) is 6.04 Å². The minimum atomic E-state index is -0.160. The first-order valence-corrected chi connectivity index (χ1v) is 8.20. The predicted octanol–water partition coefficient (Wildman–Crippen LogP) is 2.63. The van der Waals surface area contributed by atoms with E-state index in [2.05, 4.69) is 12.2 Å². The second-order valence-electron chi connectivity index (χ2n) is 5.73. The molecule has 0 aliphatic heterocycles. The Morgan fingerprint density at radius 1 is 1.19 bits per heavy atom. The lowest BCUT2D eigenvalue weighted by Gasteiger charge is -2.13. The zero-order valence-electron chi connectivity index (χ0n) is 13.5. The summed E-state index contributed by atoms with van der Waals surface area (Å²) in [6.07, 6.45) is 6.51. The molecule has 1 atom stereocenters. The van der Waals surface area contributed by atoms with Crippen LogP contribution in [0.15, 0.2) is 18.2 Å². The summed E-state index contributed by atoms with van der Waals surface area (Å²) in [4.78, 5) is 0. The number of nitrogens with one attached hydrogen (secondary N) is 1. The van der Waals surface area contributed by atoms with Crippen molar-refractivity contribution < 1.29 is 4.39 Å². The molecular formula is C17H29BFN2. The van der Waals surface area contributed by atoms with Crippen molar-refractivity contribution in [1.82, 2.24) is 5.32 Å². The van der Waals surface area contributed by atoms with Crippen LogP contribution in [0.2, 0.25) is 6.82 Å². The van der Waals surface area contributed by atoms with E-state index >= 15 is 0 Å². The first-order valence-electron chi connectivity index (χ1n) is 8.20. The van der Waals surface area contributed by atoms with Crippen molar-refractivity contribution in [3.63, 3.8) is 0 Å². The Morgan fingerprint density at radius 3 is 2.71 bits per heavy atom. The highest BCUT2D eigenvalue weighted by Crippen LogP contribution is 2.07. The molecule has 1 aromatic carbocycles. The lowest BCUT2D eigenvalue weighted by Crippen LogP contribution is -2.27. The molecule has 2 nitrogen and oxygen atoms in total. The van der Waals surface area contributed by atoms with E-state index < -0.39 is 0 Å². The Balaban J connectivity index is 2.20. The third kappa shape index (κ3) is 8.23. The molecule has 0 aliphatic rings. The van der Waals surface area contributed by atoms with Crippen molar-refractivity contribution >= 4 is 12.7 Å². The summed E-state index contributed by atoms with van der Waals surface area (Å²) >= 11 is 0. The number of unbranched alkanes of at least 4 members (excludes halogenated alkanes) is 2. The second kappa shape index (κ2) is 10.8. The fraction of sp³-hybridized carbons (Fsp3) is 0.647. The number of benzene rings is 1. The number of halogens is 1. The molecule has 1 unspecified atom stereocenters. The Morgan fingerprint density at radius 2 is 2.00 bits per heavy atom. The average Bonchev–Trinajstić information content (AvgIpc) is 2.48. The van der Waals surface area contributed by atoms with Gasteiger partial charge in [0.1, 0.15) is 13.1 Å². The van der Waals surface area contributed by atoms with Crippen LogP contribution in [0.1, 0.15) is 44.6 Å². The van der Waals surface area contributed by atoms with E-state index in [1.807, 2.05) is 20.2 Å². The molecule has 1 radical (unpaired) electrons. The molecule has 1 rings (SSSR count). The van der Waals surface area contributed by atoms with Gasteiger partial charge >= 0.3 is 0 Å². The van der Waals surface area contributed by atoms with E-state index in [4.69, 9.17) is 5.73 Å². The minimum Gasteiger partial charge on any atom is -0.328 e. The van der Waals surface area contributed by atoms with Crippen molar-refractivity contribution in [1.29, 1.82) is 0 Å². The quantitative estimate of drug-likeness (QED) is 0.486. The summed E-state index contributed by atoms with van der Waals surface area (Å²) in [6.45, 7) is 6.20. The van der Waals surface area contributed by atoms with Crippen molar-refractivity contribution in [2.24, 2.45) is 5.73 Å². The van der Waals surface area contributed by atoms with E-state index in [1.54, 1.807) is 12.1 Å². The monoisotopic (exact) mass is 291 g/mol. The van der Waals surface area contributed by atoms with Gasteiger partial charge < -0.3 is 11.1 Å². The van der Waals surface area contributed by atoms with E-state index in [1.165, 1.54) is 19.3 Å². The highest BCUT2D eigenvalue weighted by atomic mass is 19.1. The van der Waals surface area contributed by atoms with Crippen molar-refractivity contribution in [3.8, 4) is 0 Å². The predicted molar refractivity (Wildman–Crippen MR) is 91.0 cm³/mol. The van der Waals surface area contributed by atoms with Gasteiger partial charge in [0.15, 0.2) is 0 Å². The van der Waals surface area contributed by atoms with Gasteiger partial charge in [-0.05, 0) is 56.5 Å². The van der Waals surface area contributed by atoms with Gasteiger partial charge in [0.05, 0.1) is 0 Å². The third-order valence-electron chi connectivity index (χ3n) is 3.77. The highest BCUT2D eigenvalue weighted by molar-refractivity contribution is 6.51. The molecule has 0 saturated carbocycles. The highest BCUT2D eigenvalue weighted by Gasteiger charge is 2.05. The zero-order valence-corrected chi connectivity index (χ0v) is 13.5. The van der Waals surface area contributed by atoms with Crippen LogP contribution in [-0.4, -0.2) is 26.4 Å². The topological polar surface area (TPSA) is 38.0 Å². The van der Waals surface area contributed by atoms with Crippen LogP contribution < -0.4 is 16.5 Å². The zero-order chi connectivity index (χ0) is 15.5. The molecule has 117 valence electrons. The Kier molecular flexibility index (Phi) is 9.36. The maximum Gasteiger partial charge on any atom is 0.148 e. The molecule has 3 N–H and O–H groups in total. The number of nitrogens with two attached hydrogens (primary N) is 1. The molecule has 0 aliphatic carbocycles. The number of hydrogen-bond acceptors (Lipinski definition) is 2. The Labute approximate surface area is 129 Å². The van der Waals surface area contributed by atoms with Crippen LogP contribution in [0.5, 0.6) is 0 Å². The van der Waals surface area contributed by atoms with Crippen LogP contribution >= 0.6 is 0 Å². The molecule has 0 aromatic heterocycles. The normalized spacial score (nSPS) is 12.4. The fourth-order valence-electron chi connectivity index (χ4n) is 2.40. The smallest absolute Gasteiger partial charge is 0.148 e. The van der Waals surface area contributed by atoms with E-state index in [0.29, 0.717) is 0 Å². The molecule has 0 saturated heterocycles. The van der Waals surface area contributed by atoms with Crippen molar-refractivity contribution in [2.75, 3.05) is 13.1 Å². The molecule has 0 amide bonds. The van der Waals surface area contributed by atoms with Gasteiger partial charge in [-0.25, -0.2) is 4.39 Å². The number of hydrogen-bond donors (Lipinski definition) is 2. The van der Waals surface area contributed by atoms with E-state index in [-0.39, 0.29) is 11.9 Å². The number of rotatable bonds is 11. The first kappa shape index (κ1) is 18.2. The second-order valence-corrected chi connectivity index (χ2v) is 5.73. The summed E-state index contributed by atoms with van der Waals surface area (Å²) in [7, 11) is 1.92. The van der Waals surface area contributed by atoms with Crippen molar-refractivity contribution in [3.05, 3.63) is 29.6 Å². The maximum atomic E-state index is 13.4. The van der Waals surface area contributed by atoms with Gasteiger partial charge in [-0.15, -0.1) is 0 Å². The number of aryl methyl sites for hydroxylation is 1. The summed E-state index contributed by atoms with van der Waals surface area (Å²) in [5.74, 6) is -0.160. The van der Waals surface area contributed by atoms with Gasteiger partial charge in [0.25, 0.3) is 0 Å². The van der Waals surface area contributed by atoms with Gasteiger partial charge in [-0.3, -0.25) is 0 Å². The van der Waals surface area contributed by atoms with Crippen LogP contribution in [0.25, 0.3) is 0 Å². The van der Waals surface area contributed by atoms with Crippen LogP contribution in [0.4, 0.5) is 4.39 Å². The fourth-order valence-corrected chi connectivity index (χ4v) is 2.40. The average molecular weight is 291 g/mol. The van der Waals surface area contributed by atoms with Crippen LogP contribution in [0, 0.1) is 5.82 Å². The van der Waals surface area contributed by atoms with Gasteiger partial charge in [-0.1, -0.05) is 38.1 Å². The van der Waals surface area contributed by atoms with E-state index in [0.717, 1.165) is 43.4 Å². The SMILES string of the molecule is C[B]c1cc(F)cc(CCC(N)CCNCCCCC)c1. The molecule has 0 bridgehead atoms. The van der Waals surface area contributed by atoms with Crippen LogP contribution in [-0.2, 0) is 6.42 Å². The lowest BCUT2D eigenvalue weighted by atomic mass is 9.73. The van der Waals surface area contributed by atoms with E-state index in [9.17, 15) is 4.39 Å². The Bertz CT molecular complexity index is 398. The maximum absolute atomic E-state index is 13.4. The Hall–Kier alpha value is -0.865. The van der Waals surface area contributed by atoms with Gasteiger partial charge in [0.2, 0.25) is 0 Å². The summed E-state index contributed by atoms with van der Waals surface area (Å²) in [5, 5.41) is 3.43. The molecular weight excluding hydrogens is 262 g/mol. The summed E-state index contributed by atoms with van der Waals surface area (Å²) in [6, 6.07) is 5.39. The molecule has 1 aromatic rings. The minimum absolute atomic E-state index is 0.160. The third-order valence-corrected chi connectivity index (χ3v) is 3.77. The standard InChI is InChI=1S/C17H29BFN2/c1-3-4-5-9-21-10-8-17(20)7-6-14-11-15(18-2)13-16(19)12-14/h11-13,17,21H,3-10,20H2,1-2H3. The van der Waals surface area contributed by atoms with Crippen LogP contribution in [0.3, 0.4) is 0 Å².